The third kappa shape index (κ3) is 11.9. The van der Waals surface area contributed by atoms with Gasteiger partial charge in [0.2, 0.25) is 0 Å². The van der Waals surface area contributed by atoms with Crippen molar-refractivity contribution in [3.8, 4) is 5.75 Å². The Balaban J connectivity index is 0.000000191. The van der Waals surface area contributed by atoms with Crippen molar-refractivity contribution in [2.24, 2.45) is 9.98 Å². The molecule has 15 heteroatoms. The summed E-state index contributed by atoms with van der Waals surface area (Å²) in [6, 6.07) is 40.2. The van der Waals surface area contributed by atoms with Crippen molar-refractivity contribution in [3.63, 3.8) is 0 Å². The number of carbonyl (C=O) groups excluding carboxylic acids is 3. The Morgan fingerprint density at radius 1 is 0.531 bits per heavy atom. The average molecular weight is 952 g/mol. The van der Waals surface area contributed by atoms with Crippen LogP contribution in [0.25, 0.3) is 0 Å². The predicted molar refractivity (Wildman–Crippen MR) is 269 cm³/mol. The highest BCUT2D eigenvalue weighted by Crippen LogP contribution is 2.42. The minimum absolute atomic E-state index is 0.0184. The second-order valence-electron chi connectivity index (χ2n) is 14.7. The Kier molecular flexibility index (Phi) is 17.2. The zero-order valence-electron chi connectivity index (χ0n) is 36.6. The third-order valence-electron chi connectivity index (χ3n) is 9.41. The molecule has 3 amide bonds. The number of thiophene rings is 3. The number of nitrogen functional groups attached to an aromatic ring is 1. The molecule has 0 unspecified atom stereocenters. The largest absolute Gasteiger partial charge is 0.504 e. The number of amides is 3. The van der Waals surface area contributed by atoms with Crippen LogP contribution in [0.15, 0.2) is 137 Å². The molecule has 0 aliphatic carbocycles. The quantitative estimate of drug-likeness (QED) is 0.139. The van der Waals surface area contributed by atoms with E-state index < -0.39 is 0 Å². The molecule has 330 valence electrons. The van der Waals surface area contributed by atoms with Crippen LogP contribution in [0.1, 0.15) is 62.4 Å². The number of halogens is 2. The minimum atomic E-state index is -0.305. The van der Waals surface area contributed by atoms with Gasteiger partial charge in [-0.2, -0.15) is 0 Å². The van der Waals surface area contributed by atoms with Gasteiger partial charge in [-0.05, 0) is 25.0 Å². The van der Waals surface area contributed by atoms with E-state index in [1.807, 2.05) is 116 Å². The number of hydrogen-bond donors (Lipinski definition) is 2. The van der Waals surface area contributed by atoms with Gasteiger partial charge in [-0.25, -0.2) is 9.98 Å². The van der Waals surface area contributed by atoms with E-state index in [9.17, 15) is 19.5 Å². The number of aliphatic imine (C=N–C) groups is 2. The molecular weight excluding hydrogens is 904 g/mol. The monoisotopic (exact) mass is 950 g/mol. The lowest BCUT2D eigenvalue weighted by Gasteiger charge is -2.10. The van der Waals surface area contributed by atoms with Gasteiger partial charge < -0.3 is 25.5 Å². The average Bonchev–Trinajstić information content (AvgIpc) is 3.90. The van der Waals surface area contributed by atoms with Crippen LogP contribution in [0.2, 0.25) is 8.67 Å². The number of anilines is 1. The third-order valence-corrected chi connectivity index (χ3v) is 13.3. The lowest BCUT2D eigenvalue weighted by atomic mass is 10.0. The Hall–Kier alpha value is -6.09. The summed E-state index contributed by atoms with van der Waals surface area (Å²) in [5, 5.41) is 11.3. The fraction of sp³-hybridized carbons (Fsp3) is 0.163. The molecule has 0 saturated carbocycles. The molecule has 0 aliphatic rings. The van der Waals surface area contributed by atoms with Crippen LogP contribution in [-0.4, -0.2) is 91.2 Å². The second kappa shape index (κ2) is 22.5. The Morgan fingerprint density at radius 3 is 1.27 bits per heavy atom. The van der Waals surface area contributed by atoms with Gasteiger partial charge in [-0.15, -0.1) is 34.0 Å². The summed E-state index contributed by atoms with van der Waals surface area (Å²) in [4.78, 5) is 51.9. The van der Waals surface area contributed by atoms with Crippen LogP contribution >= 0.6 is 57.2 Å². The van der Waals surface area contributed by atoms with Crippen LogP contribution < -0.4 is 5.73 Å². The number of benzene rings is 4. The normalized spacial score (nSPS) is 10.3. The zero-order chi connectivity index (χ0) is 46.7. The van der Waals surface area contributed by atoms with Crippen molar-refractivity contribution in [2.75, 3.05) is 48.0 Å². The molecule has 0 fully saturated rings. The lowest BCUT2D eigenvalue weighted by Crippen LogP contribution is -2.21. The highest BCUT2D eigenvalue weighted by Gasteiger charge is 2.23. The van der Waals surface area contributed by atoms with Crippen molar-refractivity contribution >= 4 is 103 Å². The maximum Gasteiger partial charge on any atom is 0.267 e. The van der Waals surface area contributed by atoms with Gasteiger partial charge >= 0.3 is 0 Å². The number of rotatable bonds is 9. The number of carbonyl (C=O) groups is 3. The van der Waals surface area contributed by atoms with Crippen molar-refractivity contribution < 1.29 is 19.5 Å². The fourth-order valence-electron chi connectivity index (χ4n) is 5.90. The van der Waals surface area contributed by atoms with Gasteiger partial charge in [0.1, 0.15) is 19.2 Å². The van der Waals surface area contributed by atoms with E-state index in [0.717, 1.165) is 66.7 Å². The van der Waals surface area contributed by atoms with Crippen LogP contribution in [0, 0.1) is 13.8 Å². The predicted octanol–water partition coefficient (Wildman–Crippen LogP) is 11.9. The van der Waals surface area contributed by atoms with E-state index in [1.54, 1.807) is 52.1 Å². The van der Waals surface area contributed by atoms with E-state index in [-0.39, 0.29) is 38.4 Å². The smallest absolute Gasteiger partial charge is 0.267 e. The molecule has 0 radical (unpaired) electrons. The SMILES string of the molecule is CN(C)C(=O)c1sc(Cl)c(N)c1O.Cc1c(C(=O)N(C)C)sc(Cl)c1N=C(c1ccccc1)c1ccccc1.Cc1c(N=C(c2ccccc2)c2ccccc2)csc1C(=O)N(C)C. The van der Waals surface area contributed by atoms with Gasteiger partial charge in [0.05, 0.1) is 32.6 Å². The molecule has 0 saturated heterocycles. The topological polar surface area (TPSA) is 132 Å². The second-order valence-corrected chi connectivity index (χ2v) is 18.8. The first kappa shape index (κ1) is 48.9. The number of nitrogens with two attached hydrogens (primary N) is 1. The molecular formula is C49H48Cl2N6O4S3. The molecule has 3 aromatic heterocycles. The first-order valence-corrected chi connectivity index (χ1v) is 23.0. The van der Waals surface area contributed by atoms with Gasteiger partial charge in [0.25, 0.3) is 17.7 Å². The molecule has 64 heavy (non-hydrogen) atoms. The van der Waals surface area contributed by atoms with E-state index >= 15 is 0 Å². The summed E-state index contributed by atoms with van der Waals surface area (Å²) in [6.45, 7) is 3.85. The van der Waals surface area contributed by atoms with Crippen LogP contribution in [0.4, 0.5) is 17.1 Å². The zero-order valence-corrected chi connectivity index (χ0v) is 40.6. The van der Waals surface area contributed by atoms with Crippen molar-refractivity contribution in [1.82, 2.24) is 14.7 Å². The van der Waals surface area contributed by atoms with Crippen molar-refractivity contribution in [1.29, 1.82) is 0 Å². The Morgan fingerprint density at radius 2 is 0.891 bits per heavy atom. The summed E-state index contributed by atoms with van der Waals surface area (Å²) >= 11 is 15.8. The summed E-state index contributed by atoms with van der Waals surface area (Å²) in [7, 11) is 10.2. The molecule has 4 aromatic carbocycles. The molecule has 3 heterocycles. The number of aromatic hydroxyl groups is 1. The highest BCUT2D eigenvalue weighted by atomic mass is 35.5. The standard InChI is InChI=1S/C21H19ClN2OS.C21H20N2OS.C7H9ClN2O2S/c1-14-17(20(22)26-19(14)21(25)24(2)3)23-18(15-10-6-4-7-11-15)16-12-8-5-9-13-16;1-15-18(14-25-20(15)21(24)23(2)3)22-19(16-10-6-4-7-11-16)17-12-8-5-9-13-17;1-10(2)7(12)5-4(11)3(9)6(8)13-5/h4-13H,1-3H3;4-14H,1-3H3;11H,9H2,1-2H3. The van der Waals surface area contributed by atoms with Crippen molar-refractivity contribution in [3.05, 3.63) is 183 Å². The van der Waals surface area contributed by atoms with Gasteiger partial charge in [-0.3, -0.25) is 14.4 Å². The van der Waals surface area contributed by atoms with E-state index in [0.29, 0.717) is 14.9 Å². The van der Waals surface area contributed by atoms with Crippen molar-refractivity contribution in [2.45, 2.75) is 13.8 Å². The molecule has 7 rings (SSSR count). The van der Waals surface area contributed by atoms with Gasteiger partial charge in [-0.1, -0.05) is 145 Å². The molecule has 0 aliphatic heterocycles. The minimum Gasteiger partial charge on any atom is -0.504 e. The summed E-state index contributed by atoms with van der Waals surface area (Å²) < 4.78 is 0.764. The lowest BCUT2D eigenvalue weighted by molar-refractivity contribution is 0.0822. The fourth-order valence-corrected chi connectivity index (χ4v) is 9.52. The first-order chi connectivity index (χ1) is 30.5. The summed E-state index contributed by atoms with van der Waals surface area (Å²) in [5.41, 5.74) is 14.6. The van der Waals surface area contributed by atoms with Crippen LogP contribution in [-0.2, 0) is 0 Å². The Bertz CT molecular complexity index is 2680. The van der Waals surface area contributed by atoms with Gasteiger partial charge in [0, 0.05) is 69.9 Å². The molecule has 0 spiro atoms. The molecule has 0 bridgehead atoms. The van der Waals surface area contributed by atoms with E-state index in [1.165, 1.54) is 27.6 Å². The molecule has 7 aromatic rings. The molecule has 0 atom stereocenters. The summed E-state index contributed by atoms with van der Waals surface area (Å²) in [6.07, 6.45) is 0. The molecule has 3 N–H and O–H groups in total. The maximum atomic E-state index is 12.4. The maximum absolute atomic E-state index is 12.4. The van der Waals surface area contributed by atoms with Crippen LogP contribution in [0.5, 0.6) is 5.75 Å². The Labute approximate surface area is 396 Å². The van der Waals surface area contributed by atoms with E-state index in [2.05, 4.69) is 24.3 Å². The highest BCUT2D eigenvalue weighted by molar-refractivity contribution is 7.19. The number of hydrogen-bond acceptors (Lipinski definition) is 10. The van der Waals surface area contributed by atoms with Gasteiger partial charge in [0.15, 0.2) is 5.75 Å². The van der Waals surface area contributed by atoms with Crippen LogP contribution in [0.3, 0.4) is 0 Å². The number of nitrogens with zero attached hydrogens (tertiary/aromatic N) is 5. The first-order valence-electron chi connectivity index (χ1n) is 19.7. The van der Waals surface area contributed by atoms with E-state index in [4.69, 9.17) is 38.9 Å². The summed E-state index contributed by atoms with van der Waals surface area (Å²) in [5.74, 6) is -0.573. The molecule has 10 nitrogen and oxygen atoms in total.